The molecule has 2 aromatic rings. The van der Waals surface area contributed by atoms with Gasteiger partial charge in [-0.15, -0.1) is 0 Å². The van der Waals surface area contributed by atoms with Crippen molar-refractivity contribution in [1.29, 1.82) is 0 Å². The van der Waals surface area contributed by atoms with Crippen molar-refractivity contribution in [3.63, 3.8) is 0 Å². The molecule has 7 heteroatoms. The van der Waals surface area contributed by atoms with Crippen LogP contribution in [0.4, 0.5) is 11.5 Å². The second kappa shape index (κ2) is 9.82. The largest absolute Gasteiger partial charge is 0.462 e. The predicted molar refractivity (Wildman–Crippen MR) is 107 cm³/mol. The molecule has 28 heavy (non-hydrogen) atoms. The van der Waals surface area contributed by atoms with Gasteiger partial charge in [-0.2, -0.15) is 0 Å². The molecule has 148 valence electrons. The van der Waals surface area contributed by atoms with E-state index in [0.29, 0.717) is 23.7 Å². The van der Waals surface area contributed by atoms with Crippen LogP contribution in [0.5, 0.6) is 0 Å². The average molecular weight is 382 g/mol. The zero-order valence-corrected chi connectivity index (χ0v) is 16.1. The molecule has 1 aromatic carbocycles. The van der Waals surface area contributed by atoms with Crippen LogP contribution >= 0.6 is 0 Å². The number of esters is 1. The lowest BCUT2D eigenvalue weighted by atomic mass is 10.1. The van der Waals surface area contributed by atoms with Gasteiger partial charge >= 0.3 is 5.97 Å². The second-order valence-corrected chi connectivity index (χ2v) is 6.87. The molecule has 3 rings (SSSR count). The summed E-state index contributed by atoms with van der Waals surface area (Å²) in [5.41, 5.74) is 1.56. The Morgan fingerprint density at radius 3 is 2.36 bits per heavy atom. The Hall–Kier alpha value is -2.96. The van der Waals surface area contributed by atoms with Gasteiger partial charge in [0.05, 0.1) is 24.6 Å². The molecule has 1 saturated carbocycles. The fourth-order valence-electron chi connectivity index (χ4n) is 3.24. The first kappa shape index (κ1) is 19.8. The van der Waals surface area contributed by atoms with E-state index in [2.05, 4.69) is 20.6 Å². The third-order valence-electron chi connectivity index (χ3n) is 4.74. The van der Waals surface area contributed by atoms with E-state index in [1.807, 2.05) is 0 Å². The molecular formula is C21H26N4O3. The van der Waals surface area contributed by atoms with Gasteiger partial charge in [0, 0.05) is 11.7 Å². The Morgan fingerprint density at radius 1 is 1.04 bits per heavy atom. The molecule has 0 saturated heterocycles. The summed E-state index contributed by atoms with van der Waals surface area (Å²) in [6.07, 6.45) is 9.87. The lowest BCUT2D eigenvalue weighted by Gasteiger charge is -2.15. The fourth-order valence-corrected chi connectivity index (χ4v) is 3.24. The van der Waals surface area contributed by atoms with E-state index in [9.17, 15) is 9.59 Å². The lowest BCUT2D eigenvalue weighted by molar-refractivity contribution is 0.0526. The van der Waals surface area contributed by atoms with Crippen LogP contribution < -0.4 is 10.6 Å². The average Bonchev–Trinajstić information content (AvgIpc) is 2.98. The number of hydrogen-bond acceptors (Lipinski definition) is 6. The summed E-state index contributed by atoms with van der Waals surface area (Å²) in [5, 5.41) is 6.17. The SMILES string of the molecule is CCOC(=O)c1ccc(Nc2cnc(C(=O)NC3CCCCCC3)cn2)cc1. The minimum atomic E-state index is -0.349. The van der Waals surface area contributed by atoms with E-state index in [1.54, 1.807) is 31.2 Å². The van der Waals surface area contributed by atoms with Crippen LogP contribution in [0, 0.1) is 0 Å². The normalized spacial score (nSPS) is 14.8. The van der Waals surface area contributed by atoms with Gasteiger partial charge in [0.2, 0.25) is 0 Å². The van der Waals surface area contributed by atoms with Crippen LogP contribution in [0.1, 0.15) is 66.3 Å². The molecule has 0 aliphatic heterocycles. The molecule has 0 atom stereocenters. The molecular weight excluding hydrogens is 356 g/mol. The molecule has 1 aromatic heterocycles. The maximum absolute atomic E-state index is 12.4. The summed E-state index contributed by atoms with van der Waals surface area (Å²) in [7, 11) is 0. The van der Waals surface area contributed by atoms with Crippen molar-refractivity contribution < 1.29 is 14.3 Å². The summed E-state index contributed by atoms with van der Waals surface area (Å²) in [6, 6.07) is 7.12. The van der Waals surface area contributed by atoms with Gasteiger partial charge in [0.25, 0.3) is 5.91 Å². The van der Waals surface area contributed by atoms with E-state index < -0.39 is 0 Å². The number of hydrogen-bond donors (Lipinski definition) is 2. The number of ether oxygens (including phenoxy) is 1. The maximum atomic E-state index is 12.4. The Bertz CT molecular complexity index is 782. The van der Waals surface area contributed by atoms with Gasteiger partial charge in [-0.3, -0.25) is 4.79 Å². The molecule has 7 nitrogen and oxygen atoms in total. The van der Waals surface area contributed by atoms with E-state index in [-0.39, 0.29) is 17.9 Å². The first-order valence-corrected chi connectivity index (χ1v) is 9.83. The van der Waals surface area contributed by atoms with Gasteiger partial charge in [-0.25, -0.2) is 14.8 Å². The highest BCUT2D eigenvalue weighted by Crippen LogP contribution is 2.18. The minimum absolute atomic E-state index is 0.176. The summed E-state index contributed by atoms with van der Waals surface area (Å²) in [4.78, 5) is 32.5. The molecule has 0 spiro atoms. The third kappa shape index (κ3) is 5.52. The van der Waals surface area contributed by atoms with Crippen molar-refractivity contribution >= 4 is 23.4 Å². The Kier molecular flexibility index (Phi) is 6.94. The van der Waals surface area contributed by atoms with Gasteiger partial charge in [-0.1, -0.05) is 25.7 Å². The van der Waals surface area contributed by atoms with Crippen LogP contribution in [-0.2, 0) is 4.74 Å². The molecule has 0 bridgehead atoms. The van der Waals surface area contributed by atoms with E-state index in [4.69, 9.17) is 4.74 Å². The van der Waals surface area contributed by atoms with Crippen molar-refractivity contribution in [2.75, 3.05) is 11.9 Å². The van der Waals surface area contributed by atoms with Crippen LogP contribution in [0.15, 0.2) is 36.7 Å². The summed E-state index contributed by atoms with van der Waals surface area (Å²) in [5.74, 6) is -0.00230. The van der Waals surface area contributed by atoms with E-state index in [0.717, 1.165) is 31.4 Å². The lowest BCUT2D eigenvalue weighted by Crippen LogP contribution is -2.34. The standard InChI is InChI=1S/C21H26N4O3/c1-2-28-21(27)15-9-11-17(12-10-15)24-19-14-22-18(13-23-19)20(26)25-16-7-5-3-4-6-8-16/h9-14,16H,2-8H2,1H3,(H,23,24)(H,25,26). The number of carbonyl (C=O) groups is 2. The molecule has 1 aliphatic rings. The molecule has 1 fully saturated rings. The van der Waals surface area contributed by atoms with Crippen molar-refractivity contribution in [2.45, 2.75) is 51.5 Å². The molecule has 0 radical (unpaired) electrons. The molecule has 1 aliphatic carbocycles. The number of amides is 1. The highest BCUT2D eigenvalue weighted by atomic mass is 16.5. The minimum Gasteiger partial charge on any atom is -0.462 e. The molecule has 1 heterocycles. The Balaban J connectivity index is 1.56. The van der Waals surface area contributed by atoms with E-state index in [1.165, 1.54) is 25.2 Å². The number of anilines is 2. The Labute approximate surface area is 164 Å². The summed E-state index contributed by atoms with van der Waals surface area (Å²) < 4.78 is 4.96. The number of nitrogens with one attached hydrogen (secondary N) is 2. The quantitative estimate of drug-likeness (QED) is 0.582. The maximum Gasteiger partial charge on any atom is 0.338 e. The topological polar surface area (TPSA) is 93.2 Å². The monoisotopic (exact) mass is 382 g/mol. The van der Waals surface area contributed by atoms with Gasteiger partial charge in [0.15, 0.2) is 0 Å². The van der Waals surface area contributed by atoms with Crippen LogP contribution in [-0.4, -0.2) is 34.5 Å². The Morgan fingerprint density at radius 2 is 1.75 bits per heavy atom. The van der Waals surface area contributed by atoms with Gasteiger partial charge in [-0.05, 0) is 44.0 Å². The van der Waals surface area contributed by atoms with Gasteiger partial charge < -0.3 is 15.4 Å². The fraction of sp³-hybridized carbons (Fsp3) is 0.429. The number of aromatic nitrogens is 2. The number of benzene rings is 1. The second-order valence-electron chi connectivity index (χ2n) is 6.87. The van der Waals surface area contributed by atoms with Crippen molar-refractivity contribution in [2.24, 2.45) is 0 Å². The number of nitrogens with zero attached hydrogens (tertiary/aromatic N) is 2. The third-order valence-corrected chi connectivity index (χ3v) is 4.74. The molecule has 1 amide bonds. The van der Waals surface area contributed by atoms with Crippen molar-refractivity contribution in [3.8, 4) is 0 Å². The van der Waals surface area contributed by atoms with Gasteiger partial charge in [0.1, 0.15) is 11.5 Å². The van der Waals surface area contributed by atoms with Crippen molar-refractivity contribution in [3.05, 3.63) is 47.9 Å². The highest BCUT2D eigenvalue weighted by molar-refractivity contribution is 5.92. The number of carbonyl (C=O) groups excluding carboxylic acids is 2. The molecule has 0 unspecified atom stereocenters. The van der Waals surface area contributed by atoms with Crippen LogP contribution in [0.25, 0.3) is 0 Å². The smallest absolute Gasteiger partial charge is 0.338 e. The summed E-state index contributed by atoms with van der Waals surface area (Å²) >= 11 is 0. The van der Waals surface area contributed by atoms with Crippen LogP contribution in [0.2, 0.25) is 0 Å². The summed E-state index contributed by atoms with van der Waals surface area (Å²) in [6.45, 7) is 2.11. The van der Waals surface area contributed by atoms with E-state index >= 15 is 0 Å². The first-order valence-electron chi connectivity index (χ1n) is 9.83. The highest BCUT2D eigenvalue weighted by Gasteiger charge is 2.16. The molecule has 2 N–H and O–H groups in total. The predicted octanol–water partition coefficient (Wildman–Crippen LogP) is 3.85. The number of rotatable bonds is 6. The zero-order chi connectivity index (χ0) is 19.8. The van der Waals surface area contributed by atoms with Crippen LogP contribution in [0.3, 0.4) is 0 Å². The zero-order valence-electron chi connectivity index (χ0n) is 16.1. The van der Waals surface area contributed by atoms with Crippen molar-refractivity contribution in [1.82, 2.24) is 15.3 Å². The first-order chi connectivity index (χ1) is 13.7.